The molecule has 0 bridgehead atoms. The number of nitrogens with two attached hydrogens (primary N) is 1. The lowest BCUT2D eigenvalue weighted by atomic mass is 9.89. The standard InChI is InChI=1S/C12H15FN4O/c1-12(2,5-6-14)11-16-10(17-18-11)9-4-3-8(13)7-15-9/h3-4,7H,5-6,14H2,1-2H3. The highest BCUT2D eigenvalue weighted by Crippen LogP contribution is 2.26. The van der Waals surface area contributed by atoms with Crippen molar-refractivity contribution in [3.05, 3.63) is 30.0 Å². The molecule has 0 saturated heterocycles. The molecule has 96 valence electrons. The Morgan fingerprint density at radius 2 is 2.17 bits per heavy atom. The van der Waals surface area contributed by atoms with Crippen LogP contribution in [-0.2, 0) is 5.41 Å². The monoisotopic (exact) mass is 250 g/mol. The third kappa shape index (κ3) is 2.53. The molecular weight excluding hydrogens is 235 g/mol. The topological polar surface area (TPSA) is 77.8 Å². The number of aromatic nitrogens is 3. The Morgan fingerprint density at radius 1 is 1.39 bits per heavy atom. The minimum absolute atomic E-state index is 0.278. The first kappa shape index (κ1) is 12.6. The number of halogens is 1. The Bertz CT molecular complexity index is 521. The Kier molecular flexibility index (Phi) is 3.38. The van der Waals surface area contributed by atoms with Crippen molar-refractivity contribution >= 4 is 0 Å². The van der Waals surface area contributed by atoms with Gasteiger partial charge in [0.25, 0.3) is 0 Å². The molecule has 0 spiro atoms. The van der Waals surface area contributed by atoms with Gasteiger partial charge in [-0.3, -0.25) is 0 Å². The molecule has 2 heterocycles. The first-order valence-corrected chi connectivity index (χ1v) is 5.69. The van der Waals surface area contributed by atoms with Crippen LogP contribution < -0.4 is 5.73 Å². The van der Waals surface area contributed by atoms with Gasteiger partial charge in [-0.15, -0.1) is 0 Å². The average molecular weight is 250 g/mol. The highest BCUT2D eigenvalue weighted by Gasteiger charge is 2.27. The molecule has 0 aliphatic rings. The highest BCUT2D eigenvalue weighted by atomic mass is 19.1. The number of nitrogens with zero attached hydrogens (tertiary/aromatic N) is 3. The van der Waals surface area contributed by atoms with E-state index in [1.807, 2.05) is 13.8 Å². The normalized spacial score (nSPS) is 11.8. The molecule has 2 aromatic heterocycles. The number of hydrogen-bond acceptors (Lipinski definition) is 5. The van der Waals surface area contributed by atoms with Gasteiger partial charge in [0.15, 0.2) is 0 Å². The van der Waals surface area contributed by atoms with Crippen LogP contribution in [0.3, 0.4) is 0 Å². The molecule has 0 amide bonds. The summed E-state index contributed by atoms with van der Waals surface area (Å²) < 4.78 is 18.0. The quantitative estimate of drug-likeness (QED) is 0.896. The molecule has 2 N–H and O–H groups in total. The summed E-state index contributed by atoms with van der Waals surface area (Å²) in [6.45, 7) is 4.50. The van der Waals surface area contributed by atoms with Crippen LogP contribution >= 0.6 is 0 Å². The summed E-state index contributed by atoms with van der Waals surface area (Å²) in [5.41, 5.74) is 5.75. The maximum atomic E-state index is 12.8. The van der Waals surface area contributed by atoms with Crippen molar-refractivity contribution in [1.82, 2.24) is 15.1 Å². The molecule has 0 fully saturated rings. The van der Waals surface area contributed by atoms with Crippen LogP contribution in [0.2, 0.25) is 0 Å². The minimum atomic E-state index is -0.397. The van der Waals surface area contributed by atoms with E-state index < -0.39 is 5.82 Å². The van der Waals surface area contributed by atoms with Crippen molar-refractivity contribution in [2.24, 2.45) is 5.73 Å². The van der Waals surface area contributed by atoms with Gasteiger partial charge in [0.2, 0.25) is 11.7 Å². The lowest BCUT2D eigenvalue weighted by molar-refractivity contribution is 0.298. The van der Waals surface area contributed by atoms with Crippen molar-refractivity contribution < 1.29 is 8.91 Å². The van der Waals surface area contributed by atoms with E-state index >= 15 is 0 Å². The van der Waals surface area contributed by atoms with E-state index in [1.54, 1.807) is 0 Å². The van der Waals surface area contributed by atoms with Crippen molar-refractivity contribution in [2.75, 3.05) is 6.54 Å². The Hall–Kier alpha value is -1.82. The Labute approximate surface area is 104 Å². The van der Waals surface area contributed by atoms with Gasteiger partial charge in [0.05, 0.1) is 6.20 Å². The van der Waals surface area contributed by atoms with Crippen LogP contribution in [0.25, 0.3) is 11.5 Å². The predicted molar refractivity (Wildman–Crippen MR) is 64.2 cm³/mol. The molecule has 0 aliphatic carbocycles. The van der Waals surface area contributed by atoms with Crippen LogP contribution in [0.15, 0.2) is 22.9 Å². The smallest absolute Gasteiger partial charge is 0.232 e. The predicted octanol–water partition coefficient (Wildman–Crippen LogP) is 1.90. The molecule has 0 aliphatic heterocycles. The first-order valence-electron chi connectivity index (χ1n) is 5.69. The Balaban J connectivity index is 2.28. The van der Waals surface area contributed by atoms with Crippen LogP contribution in [-0.4, -0.2) is 21.7 Å². The summed E-state index contributed by atoms with van der Waals surface area (Å²) in [6, 6.07) is 2.82. The van der Waals surface area contributed by atoms with E-state index in [9.17, 15) is 4.39 Å². The van der Waals surface area contributed by atoms with Gasteiger partial charge in [-0.2, -0.15) is 4.98 Å². The Morgan fingerprint density at radius 3 is 2.78 bits per heavy atom. The molecule has 0 aromatic carbocycles. The van der Waals surface area contributed by atoms with Gasteiger partial charge in [-0.1, -0.05) is 19.0 Å². The molecule has 0 saturated carbocycles. The molecule has 0 unspecified atom stereocenters. The fourth-order valence-corrected chi connectivity index (χ4v) is 1.58. The molecule has 2 rings (SSSR count). The molecule has 2 aromatic rings. The second-order valence-electron chi connectivity index (χ2n) is 4.71. The molecule has 5 nitrogen and oxygen atoms in total. The third-order valence-corrected chi connectivity index (χ3v) is 2.73. The van der Waals surface area contributed by atoms with E-state index in [2.05, 4.69) is 15.1 Å². The maximum Gasteiger partial charge on any atom is 0.232 e. The summed E-state index contributed by atoms with van der Waals surface area (Å²) in [5.74, 6) is 0.468. The average Bonchev–Trinajstić information content (AvgIpc) is 2.80. The lowest BCUT2D eigenvalue weighted by Crippen LogP contribution is -2.22. The van der Waals surface area contributed by atoms with Crippen LogP contribution in [0.5, 0.6) is 0 Å². The van der Waals surface area contributed by atoms with Crippen molar-refractivity contribution in [2.45, 2.75) is 25.7 Å². The third-order valence-electron chi connectivity index (χ3n) is 2.73. The van der Waals surface area contributed by atoms with Crippen LogP contribution in [0.1, 0.15) is 26.2 Å². The van der Waals surface area contributed by atoms with Crippen molar-refractivity contribution in [1.29, 1.82) is 0 Å². The van der Waals surface area contributed by atoms with Gasteiger partial charge >= 0.3 is 0 Å². The van der Waals surface area contributed by atoms with E-state index in [0.717, 1.165) is 12.6 Å². The summed E-state index contributed by atoms with van der Waals surface area (Å²) in [7, 11) is 0. The number of hydrogen-bond donors (Lipinski definition) is 1. The van der Waals surface area contributed by atoms with Gasteiger partial charge in [-0.05, 0) is 25.1 Å². The summed E-state index contributed by atoms with van der Waals surface area (Å²) in [6.07, 6.45) is 1.86. The summed E-state index contributed by atoms with van der Waals surface area (Å²) in [5, 5.41) is 3.85. The lowest BCUT2D eigenvalue weighted by Gasteiger charge is -2.17. The summed E-state index contributed by atoms with van der Waals surface area (Å²) >= 11 is 0. The largest absolute Gasteiger partial charge is 0.338 e. The fraction of sp³-hybridized carbons (Fsp3) is 0.417. The van der Waals surface area contributed by atoms with E-state index in [0.29, 0.717) is 24.0 Å². The maximum absolute atomic E-state index is 12.8. The van der Waals surface area contributed by atoms with Gasteiger partial charge in [0.1, 0.15) is 11.5 Å². The molecule has 6 heteroatoms. The van der Waals surface area contributed by atoms with E-state index in [-0.39, 0.29) is 5.41 Å². The SMILES string of the molecule is CC(C)(CCN)c1nc(-c2ccc(F)cn2)no1. The van der Waals surface area contributed by atoms with Crippen LogP contribution in [0, 0.1) is 5.82 Å². The summed E-state index contributed by atoms with van der Waals surface area (Å²) in [4.78, 5) is 8.19. The van der Waals surface area contributed by atoms with Crippen LogP contribution in [0.4, 0.5) is 4.39 Å². The highest BCUT2D eigenvalue weighted by molar-refractivity contribution is 5.47. The minimum Gasteiger partial charge on any atom is -0.338 e. The fourth-order valence-electron chi connectivity index (χ4n) is 1.58. The zero-order valence-electron chi connectivity index (χ0n) is 10.4. The molecule has 0 atom stereocenters. The second-order valence-corrected chi connectivity index (χ2v) is 4.71. The molecule has 18 heavy (non-hydrogen) atoms. The van der Waals surface area contributed by atoms with E-state index in [1.165, 1.54) is 12.1 Å². The van der Waals surface area contributed by atoms with Gasteiger partial charge in [-0.25, -0.2) is 9.37 Å². The molecular formula is C12H15FN4O. The van der Waals surface area contributed by atoms with Crippen molar-refractivity contribution in [3.63, 3.8) is 0 Å². The van der Waals surface area contributed by atoms with Crippen molar-refractivity contribution in [3.8, 4) is 11.5 Å². The zero-order chi connectivity index (χ0) is 13.2. The molecule has 0 radical (unpaired) electrons. The van der Waals surface area contributed by atoms with Gasteiger partial charge < -0.3 is 10.3 Å². The number of pyridine rings is 1. The number of rotatable bonds is 4. The second kappa shape index (κ2) is 4.81. The van der Waals surface area contributed by atoms with E-state index in [4.69, 9.17) is 10.3 Å². The van der Waals surface area contributed by atoms with Gasteiger partial charge in [0, 0.05) is 5.41 Å². The zero-order valence-corrected chi connectivity index (χ0v) is 10.4. The first-order chi connectivity index (χ1) is 8.53.